The van der Waals surface area contributed by atoms with Gasteiger partial charge < -0.3 is 5.11 Å². The van der Waals surface area contributed by atoms with Gasteiger partial charge in [0.2, 0.25) is 5.92 Å². The molecule has 0 aromatic heterocycles. The van der Waals surface area contributed by atoms with Crippen LogP contribution in [0.1, 0.15) is 19.3 Å². The topological polar surface area (TPSA) is 37.3 Å². The van der Waals surface area contributed by atoms with E-state index in [-0.39, 0.29) is 12.8 Å². The third-order valence-corrected chi connectivity index (χ3v) is 2.36. The van der Waals surface area contributed by atoms with Crippen LogP contribution in [-0.2, 0) is 4.79 Å². The Balaban J connectivity index is 2.73. The summed E-state index contributed by atoms with van der Waals surface area (Å²) in [6.07, 6.45) is 4.10. The van der Waals surface area contributed by atoms with Crippen molar-refractivity contribution >= 4 is 5.97 Å². The first-order valence-corrected chi connectivity index (χ1v) is 4.03. The van der Waals surface area contributed by atoms with Crippen LogP contribution in [0.5, 0.6) is 0 Å². The molecule has 0 amide bonds. The lowest BCUT2D eigenvalue weighted by atomic mass is 9.78. The van der Waals surface area contributed by atoms with E-state index in [4.69, 9.17) is 11.5 Å². The van der Waals surface area contributed by atoms with Crippen LogP contribution in [0.4, 0.5) is 8.78 Å². The first-order valence-electron chi connectivity index (χ1n) is 4.03. The molecule has 0 spiro atoms. The van der Waals surface area contributed by atoms with Crippen molar-refractivity contribution in [3.05, 3.63) is 0 Å². The number of carboxylic acid groups (broad SMARTS) is 1. The second kappa shape index (κ2) is 3.33. The van der Waals surface area contributed by atoms with E-state index >= 15 is 0 Å². The van der Waals surface area contributed by atoms with Gasteiger partial charge in [-0.25, -0.2) is 8.78 Å². The summed E-state index contributed by atoms with van der Waals surface area (Å²) in [6.45, 7) is 0. The van der Waals surface area contributed by atoms with Crippen molar-refractivity contribution in [3.8, 4) is 12.3 Å². The fourth-order valence-corrected chi connectivity index (χ4v) is 1.60. The zero-order valence-electron chi connectivity index (χ0n) is 6.96. The number of terminal acetylenes is 1. The zero-order valence-corrected chi connectivity index (χ0v) is 6.96. The van der Waals surface area contributed by atoms with E-state index in [0.717, 1.165) is 0 Å². The van der Waals surface area contributed by atoms with Gasteiger partial charge in [-0.15, -0.1) is 12.3 Å². The maximum atomic E-state index is 12.8. The average molecular weight is 188 g/mol. The molecule has 0 radical (unpaired) electrons. The molecule has 0 bridgehead atoms. The molecule has 0 aromatic rings. The number of carbonyl (C=O) groups is 1. The molecule has 4 heteroatoms. The van der Waals surface area contributed by atoms with Crippen LogP contribution in [-0.4, -0.2) is 17.0 Å². The lowest BCUT2D eigenvalue weighted by Crippen LogP contribution is -2.35. The maximum absolute atomic E-state index is 12.8. The van der Waals surface area contributed by atoms with Crippen LogP contribution in [0, 0.1) is 24.2 Å². The Hall–Kier alpha value is -1.11. The van der Waals surface area contributed by atoms with Gasteiger partial charge in [-0.2, -0.15) is 0 Å². The molecule has 1 aliphatic rings. The zero-order chi connectivity index (χ0) is 10.1. The Labute approximate surface area is 74.9 Å². The summed E-state index contributed by atoms with van der Waals surface area (Å²) in [7, 11) is 0. The van der Waals surface area contributed by atoms with Gasteiger partial charge in [-0.1, -0.05) is 0 Å². The smallest absolute Gasteiger partial charge is 0.307 e. The molecule has 1 saturated carbocycles. The first-order chi connectivity index (χ1) is 5.96. The van der Waals surface area contributed by atoms with Crippen molar-refractivity contribution in [1.29, 1.82) is 0 Å². The highest BCUT2D eigenvalue weighted by atomic mass is 19.3. The van der Waals surface area contributed by atoms with Gasteiger partial charge in [0.1, 0.15) is 0 Å². The Morgan fingerprint density at radius 3 is 2.69 bits per heavy atom. The molecule has 0 aliphatic heterocycles. The number of alkyl halides is 2. The Kier molecular flexibility index (Phi) is 2.55. The van der Waals surface area contributed by atoms with Gasteiger partial charge in [0.25, 0.3) is 0 Å². The Bertz CT molecular complexity index is 255. The second-order valence-corrected chi connectivity index (χ2v) is 3.32. The molecule has 0 saturated heterocycles. The van der Waals surface area contributed by atoms with E-state index in [0.29, 0.717) is 0 Å². The summed E-state index contributed by atoms with van der Waals surface area (Å²) in [6, 6.07) is 0. The summed E-state index contributed by atoms with van der Waals surface area (Å²) in [5.41, 5.74) is 0. The molecule has 2 atom stereocenters. The predicted molar refractivity (Wildman–Crippen MR) is 42.2 cm³/mol. The third kappa shape index (κ3) is 2.18. The Morgan fingerprint density at radius 2 is 2.23 bits per heavy atom. The van der Waals surface area contributed by atoms with Gasteiger partial charge in [-0.05, 0) is 6.42 Å². The van der Waals surface area contributed by atoms with E-state index in [2.05, 4.69) is 5.92 Å². The summed E-state index contributed by atoms with van der Waals surface area (Å²) < 4.78 is 25.6. The average Bonchev–Trinajstić information content (AvgIpc) is 2.01. The normalized spacial score (nSPS) is 32.1. The number of rotatable bonds is 1. The molecule has 1 fully saturated rings. The maximum Gasteiger partial charge on any atom is 0.307 e. The highest BCUT2D eigenvalue weighted by molar-refractivity contribution is 5.71. The summed E-state index contributed by atoms with van der Waals surface area (Å²) >= 11 is 0. The van der Waals surface area contributed by atoms with Crippen LogP contribution in [0.15, 0.2) is 0 Å². The van der Waals surface area contributed by atoms with Crippen molar-refractivity contribution in [2.45, 2.75) is 25.2 Å². The standard InChI is InChI=1S/C9H10F2O2/c1-2-6-5-9(10,11)4-3-7(6)8(12)13/h1,6-7H,3-5H2,(H,12,13). The number of hydrogen-bond donors (Lipinski definition) is 1. The largest absolute Gasteiger partial charge is 0.481 e. The number of aliphatic carboxylic acids is 1. The van der Waals surface area contributed by atoms with Gasteiger partial charge >= 0.3 is 5.97 Å². The highest BCUT2D eigenvalue weighted by Crippen LogP contribution is 2.39. The SMILES string of the molecule is C#CC1CC(F)(F)CCC1C(=O)O. The van der Waals surface area contributed by atoms with Crippen molar-refractivity contribution < 1.29 is 18.7 Å². The van der Waals surface area contributed by atoms with Crippen molar-refractivity contribution in [2.24, 2.45) is 11.8 Å². The fraction of sp³-hybridized carbons (Fsp3) is 0.667. The van der Waals surface area contributed by atoms with E-state index in [1.165, 1.54) is 0 Å². The molecule has 1 aliphatic carbocycles. The van der Waals surface area contributed by atoms with Gasteiger partial charge in [0.15, 0.2) is 0 Å². The number of carboxylic acids is 1. The molecular formula is C9H10F2O2. The van der Waals surface area contributed by atoms with E-state index in [1.807, 2.05) is 0 Å². The number of hydrogen-bond acceptors (Lipinski definition) is 1. The highest BCUT2D eigenvalue weighted by Gasteiger charge is 2.43. The quantitative estimate of drug-likeness (QED) is 0.636. The van der Waals surface area contributed by atoms with E-state index in [9.17, 15) is 13.6 Å². The number of halogens is 2. The molecule has 0 heterocycles. The summed E-state index contributed by atoms with van der Waals surface area (Å²) in [4.78, 5) is 10.6. The van der Waals surface area contributed by atoms with E-state index in [1.54, 1.807) is 0 Å². The Morgan fingerprint density at radius 1 is 1.62 bits per heavy atom. The monoisotopic (exact) mass is 188 g/mol. The van der Waals surface area contributed by atoms with Crippen LogP contribution >= 0.6 is 0 Å². The molecule has 72 valence electrons. The van der Waals surface area contributed by atoms with Gasteiger partial charge in [0.05, 0.1) is 5.92 Å². The van der Waals surface area contributed by atoms with Crippen molar-refractivity contribution in [1.82, 2.24) is 0 Å². The lowest BCUT2D eigenvalue weighted by molar-refractivity contribution is -0.148. The fourth-order valence-electron chi connectivity index (χ4n) is 1.60. The molecule has 0 aromatic carbocycles. The van der Waals surface area contributed by atoms with Crippen molar-refractivity contribution in [2.75, 3.05) is 0 Å². The molecular weight excluding hydrogens is 178 g/mol. The minimum atomic E-state index is -2.79. The van der Waals surface area contributed by atoms with Crippen molar-refractivity contribution in [3.63, 3.8) is 0 Å². The summed E-state index contributed by atoms with van der Waals surface area (Å²) in [5, 5.41) is 8.67. The first kappa shape index (κ1) is 9.97. The predicted octanol–water partition coefficient (Wildman–Crippen LogP) is 1.76. The lowest BCUT2D eigenvalue weighted by Gasteiger charge is -2.30. The van der Waals surface area contributed by atoms with Gasteiger partial charge in [-0.3, -0.25) is 4.79 Å². The minimum Gasteiger partial charge on any atom is -0.481 e. The summed E-state index contributed by atoms with van der Waals surface area (Å²) in [5.74, 6) is -3.36. The van der Waals surface area contributed by atoms with E-state index < -0.39 is 30.1 Å². The van der Waals surface area contributed by atoms with Crippen LogP contribution in [0.2, 0.25) is 0 Å². The molecule has 13 heavy (non-hydrogen) atoms. The van der Waals surface area contributed by atoms with Crippen LogP contribution in [0.25, 0.3) is 0 Å². The molecule has 1 rings (SSSR count). The second-order valence-electron chi connectivity index (χ2n) is 3.32. The molecule has 2 unspecified atom stereocenters. The minimum absolute atomic E-state index is 0.0306. The molecule has 2 nitrogen and oxygen atoms in total. The van der Waals surface area contributed by atoms with Crippen LogP contribution < -0.4 is 0 Å². The third-order valence-electron chi connectivity index (χ3n) is 2.36. The van der Waals surface area contributed by atoms with Crippen LogP contribution in [0.3, 0.4) is 0 Å². The van der Waals surface area contributed by atoms with Gasteiger partial charge in [0, 0.05) is 18.8 Å². The molecule has 1 N–H and O–H groups in total.